The number of benzene rings is 3. The molecule has 4 aromatic rings. The van der Waals surface area contributed by atoms with E-state index >= 15 is 0 Å². The molecule has 5 rings (SSSR count). The quantitative estimate of drug-likeness (QED) is 0.451. The molecule has 6 nitrogen and oxygen atoms in total. The van der Waals surface area contributed by atoms with E-state index in [0.29, 0.717) is 11.4 Å². The highest BCUT2D eigenvalue weighted by molar-refractivity contribution is 6.20. The molecule has 164 valence electrons. The van der Waals surface area contributed by atoms with Gasteiger partial charge in [0.1, 0.15) is 6.54 Å². The van der Waals surface area contributed by atoms with Gasteiger partial charge in [0.2, 0.25) is 17.7 Å². The summed E-state index contributed by atoms with van der Waals surface area (Å²) in [6, 6.07) is 25.3. The van der Waals surface area contributed by atoms with Crippen LogP contribution in [-0.2, 0) is 20.9 Å². The van der Waals surface area contributed by atoms with Crippen molar-refractivity contribution < 1.29 is 14.4 Å². The molecule has 1 N–H and O–H groups in total. The summed E-state index contributed by atoms with van der Waals surface area (Å²) in [5.41, 5.74) is 4.96. The Balaban J connectivity index is 1.40. The summed E-state index contributed by atoms with van der Waals surface area (Å²) in [6.07, 6.45) is 0.483. The second kappa shape index (κ2) is 8.39. The first-order chi connectivity index (χ1) is 16.0. The fourth-order valence-electron chi connectivity index (χ4n) is 4.40. The first kappa shape index (κ1) is 20.7. The fraction of sp³-hybridized carbons (Fsp3) is 0.148. The number of carbonyl (C=O) groups is 3. The minimum Gasteiger partial charge on any atom is -0.331 e. The van der Waals surface area contributed by atoms with E-state index in [4.69, 9.17) is 0 Å². The maximum atomic E-state index is 13.0. The Kier molecular flexibility index (Phi) is 5.26. The molecular formula is C27H23N3O3. The van der Waals surface area contributed by atoms with Crippen molar-refractivity contribution in [1.82, 2.24) is 4.57 Å². The minimum atomic E-state index is -0.187. The lowest BCUT2D eigenvalue weighted by molar-refractivity contribution is -0.121. The first-order valence-electron chi connectivity index (χ1n) is 10.9. The monoisotopic (exact) mass is 437 g/mol. The van der Waals surface area contributed by atoms with Gasteiger partial charge in [0.25, 0.3) is 0 Å². The maximum absolute atomic E-state index is 13.0. The van der Waals surface area contributed by atoms with Crippen LogP contribution in [0.5, 0.6) is 0 Å². The van der Waals surface area contributed by atoms with Gasteiger partial charge in [0.05, 0.1) is 5.69 Å². The van der Waals surface area contributed by atoms with Gasteiger partial charge in [-0.1, -0.05) is 48.5 Å². The highest BCUT2D eigenvalue weighted by atomic mass is 16.2. The lowest BCUT2D eigenvalue weighted by Gasteiger charge is -2.18. The van der Waals surface area contributed by atoms with Gasteiger partial charge in [-0.2, -0.15) is 0 Å². The van der Waals surface area contributed by atoms with E-state index in [1.807, 2.05) is 66.1 Å². The van der Waals surface area contributed by atoms with Gasteiger partial charge in [-0.05, 0) is 48.4 Å². The number of anilines is 2. The van der Waals surface area contributed by atoms with Gasteiger partial charge in [-0.15, -0.1) is 0 Å². The summed E-state index contributed by atoms with van der Waals surface area (Å²) >= 11 is 0. The first-order valence-corrected chi connectivity index (χ1v) is 10.9. The van der Waals surface area contributed by atoms with Crippen LogP contribution in [0, 0.1) is 6.92 Å². The molecule has 1 aliphatic rings. The van der Waals surface area contributed by atoms with Gasteiger partial charge in [0.15, 0.2) is 0 Å². The summed E-state index contributed by atoms with van der Waals surface area (Å²) in [6.45, 7) is 1.98. The van der Waals surface area contributed by atoms with E-state index in [1.165, 1.54) is 4.90 Å². The zero-order chi connectivity index (χ0) is 22.9. The summed E-state index contributed by atoms with van der Waals surface area (Å²) in [4.78, 5) is 38.4. The molecule has 2 heterocycles. The number of rotatable bonds is 5. The second-order valence-electron chi connectivity index (χ2n) is 8.21. The van der Waals surface area contributed by atoms with Crippen LogP contribution in [0.3, 0.4) is 0 Å². The molecule has 0 radical (unpaired) electrons. The fourth-order valence-corrected chi connectivity index (χ4v) is 4.40. The van der Waals surface area contributed by atoms with Crippen molar-refractivity contribution in [3.05, 3.63) is 84.4 Å². The van der Waals surface area contributed by atoms with E-state index in [9.17, 15) is 14.4 Å². The van der Waals surface area contributed by atoms with E-state index in [-0.39, 0.29) is 37.1 Å². The third kappa shape index (κ3) is 3.91. The summed E-state index contributed by atoms with van der Waals surface area (Å²) < 4.78 is 2.02. The van der Waals surface area contributed by atoms with Crippen LogP contribution in [0.1, 0.15) is 18.4 Å². The van der Waals surface area contributed by atoms with Crippen LogP contribution in [0.2, 0.25) is 0 Å². The third-order valence-corrected chi connectivity index (χ3v) is 5.95. The van der Waals surface area contributed by atoms with E-state index in [0.717, 1.165) is 27.7 Å². The lowest BCUT2D eigenvalue weighted by Crippen LogP contribution is -2.29. The summed E-state index contributed by atoms with van der Waals surface area (Å²) in [7, 11) is 0. The second-order valence-corrected chi connectivity index (χ2v) is 8.21. The Morgan fingerprint density at radius 2 is 1.58 bits per heavy atom. The van der Waals surface area contributed by atoms with Crippen molar-refractivity contribution in [2.75, 3.05) is 10.2 Å². The number of nitrogens with one attached hydrogen (secondary N) is 1. The molecule has 0 spiro atoms. The van der Waals surface area contributed by atoms with E-state index in [1.54, 1.807) is 18.2 Å². The largest absolute Gasteiger partial charge is 0.331 e. The number of aryl methyl sites for hydroxylation is 1. The molecule has 1 aromatic heterocycles. The molecule has 33 heavy (non-hydrogen) atoms. The van der Waals surface area contributed by atoms with Crippen molar-refractivity contribution in [3.63, 3.8) is 0 Å². The predicted molar refractivity (Wildman–Crippen MR) is 129 cm³/mol. The van der Waals surface area contributed by atoms with Crippen molar-refractivity contribution in [3.8, 4) is 11.3 Å². The van der Waals surface area contributed by atoms with Crippen molar-refractivity contribution >= 4 is 40.0 Å². The number of carbonyl (C=O) groups excluding carboxylic acids is 3. The van der Waals surface area contributed by atoms with Gasteiger partial charge >= 0.3 is 0 Å². The molecule has 1 saturated heterocycles. The van der Waals surface area contributed by atoms with Crippen LogP contribution in [0.15, 0.2) is 78.9 Å². The molecular weight excluding hydrogens is 414 g/mol. The molecule has 0 bridgehead atoms. The topological polar surface area (TPSA) is 71.4 Å². The van der Waals surface area contributed by atoms with Crippen molar-refractivity contribution in [2.24, 2.45) is 0 Å². The van der Waals surface area contributed by atoms with Crippen LogP contribution in [-0.4, -0.2) is 22.3 Å². The third-order valence-electron chi connectivity index (χ3n) is 5.95. The molecule has 3 amide bonds. The average Bonchev–Trinajstić information content (AvgIpc) is 3.34. The van der Waals surface area contributed by atoms with Gasteiger partial charge in [-0.3, -0.25) is 19.3 Å². The number of hydrogen-bond acceptors (Lipinski definition) is 3. The molecule has 1 aliphatic heterocycles. The lowest BCUT2D eigenvalue weighted by atomic mass is 10.1. The summed E-state index contributed by atoms with van der Waals surface area (Å²) in [5, 5.41) is 4.03. The number of para-hydroxylation sites is 1. The Morgan fingerprint density at radius 1 is 0.879 bits per heavy atom. The van der Waals surface area contributed by atoms with Gasteiger partial charge in [0, 0.05) is 35.1 Å². The van der Waals surface area contributed by atoms with Crippen LogP contribution < -0.4 is 10.2 Å². The predicted octanol–water partition coefficient (Wildman–Crippen LogP) is 4.91. The zero-order valence-electron chi connectivity index (χ0n) is 18.2. The highest BCUT2D eigenvalue weighted by Gasteiger charge is 2.31. The molecule has 0 atom stereocenters. The highest BCUT2D eigenvalue weighted by Crippen LogP contribution is 2.30. The van der Waals surface area contributed by atoms with Crippen molar-refractivity contribution in [2.45, 2.75) is 26.3 Å². The number of hydrogen-bond donors (Lipinski definition) is 1. The van der Waals surface area contributed by atoms with E-state index in [2.05, 4.69) is 11.4 Å². The molecule has 0 unspecified atom stereocenters. The van der Waals surface area contributed by atoms with Crippen molar-refractivity contribution in [1.29, 1.82) is 0 Å². The van der Waals surface area contributed by atoms with Crippen LogP contribution in [0.25, 0.3) is 22.2 Å². The SMILES string of the molecule is Cc1cc(NC(=O)Cn2c(-c3ccccc3)cc3ccccc32)ccc1N1C(=O)CCC1=O. The maximum Gasteiger partial charge on any atom is 0.244 e. The molecule has 6 heteroatoms. The smallest absolute Gasteiger partial charge is 0.244 e. The number of amides is 3. The standard InChI is InChI=1S/C27H23N3O3/c1-18-15-21(11-12-22(18)30-26(32)13-14-27(30)33)28-25(31)17-29-23-10-6-5-9-20(23)16-24(29)19-7-3-2-4-8-19/h2-12,15-16H,13-14,17H2,1H3,(H,28,31). The van der Waals surface area contributed by atoms with Gasteiger partial charge < -0.3 is 9.88 Å². The van der Waals surface area contributed by atoms with E-state index < -0.39 is 0 Å². The Labute approximate surface area is 191 Å². The Hall–Kier alpha value is -4.19. The molecule has 1 fully saturated rings. The Morgan fingerprint density at radius 3 is 2.30 bits per heavy atom. The number of aromatic nitrogens is 1. The zero-order valence-corrected chi connectivity index (χ0v) is 18.2. The number of imide groups is 1. The molecule has 0 saturated carbocycles. The normalized spacial score (nSPS) is 13.7. The molecule has 0 aliphatic carbocycles. The number of fused-ring (bicyclic) bond motifs is 1. The minimum absolute atomic E-state index is 0.154. The van der Waals surface area contributed by atoms with Gasteiger partial charge in [-0.25, -0.2) is 0 Å². The van der Waals surface area contributed by atoms with Crippen LogP contribution >= 0.6 is 0 Å². The Bertz CT molecular complexity index is 1370. The summed E-state index contributed by atoms with van der Waals surface area (Å²) in [5.74, 6) is -0.533. The average molecular weight is 437 g/mol. The number of nitrogens with zero attached hydrogens (tertiary/aromatic N) is 2. The molecule has 3 aromatic carbocycles. The van der Waals surface area contributed by atoms with Crippen LogP contribution in [0.4, 0.5) is 11.4 Å².